The highest BCUT2D eigenvalue weighted by Crippen LogP contribution is 2.41. The highest BCUT2D eigenvalue weighted by atomic mass is 19.1. The number of aromatic nitrogens is 1. The first kappa shape index (κ1) is 27.7. The highest BCUT2D eigenvalue weighted by molar-refractivity contribution is 6.16. The van der Waals surface area contributed by atoms with Crippen LogP contribution in [0.1, 0.15) is 43.0 Å². The van der Waals surface area contributed by atoms with Crippen LogP contribution in [-0.4, -0.2) is 78.9 Å². The van der Waals surface area contributed by atoms with Crippen molar-refractivity contribution < 1.29 is 23.5 Å². The number of rotatable bonds is 7. The van der Waals surface area contributed by atoms with Gasteiger partial charge in [0.05, 0.1) is 18.2 Å². The molecule has 0 atom stereocenters. The van der Waals surface area contributed by atoms with Crippen molar-refractivity contribution in [2.24, 2.45) is 0 Å². The number of benzene rings is 3. The van der Waals surface area contributed by atoms with Crippen LogP contribution in [0, 0.1) is 5.82 Å². The molecule has 1 saturated heterocycles. The summed E-state index contributed by atoms with van der Waals surface area (Å²) >= 11 is 0. The lowest BCUT2D eigenvalue weighted by molar-refractivity contribution is 0.0663. The summed E-state index contributed by atoms with van der Waals surface area (Å²) in [5, 5.41) is 0.658. The second-order valence-corrected chi connectivity index (χ2v) is 11.0. The van der Waals surface area contributed by atoms with Gasteiger partial charge >= 0.3 is 0 Å². The summed E-state index contributed by atoms with van der Waals surface area (Å²) in [6.07, 6.45) is 2.26. The molecule has 0 unspecified atom stereocenters. The lowest BCUT2D eigenvalue weighted by Crippen LogP contribution is -2.47. The van der Waals surface area contributed by atoms with E-state index in [1.165, 1.54) is 12.1 Å². The van der Waals surface area contributed by atoms with E-state index in [0.717, 1.165) is 35.5 Å². The van der Waals surface area contributed by atoms with Gasteiger partial charge in [-0.05, 0) is 60.5 Å². The Balaban J connectivity index is 1.48. The Hall–Kier alpha value is -4.50. The van der Waals surface area contributed by atoms with Crippen molar-refractivity contribution in [2.45, 2.75) is 19.6 Å². The van der Waals surface area contributed by atoms with Crippen molar-refractivity contribution in [3.8, 4) is 11.5 Å². The van der Waals surface area contributed by atoms with Gasteiger partial charge < -0.3 is 24.2 Å². The number of piperazine rings is 1. The molecular weight excluding hydrogens is 535 g/mol. The molecule has 0 spiro atoms. The molecule has 3 aromatic carbocycles. The van der Waals surface area contributed by atoms with E-state index in [4.69, 9.17) is 14.5 Å². The molecule has 2 aliphatic heterocycles. The largest absolute Gasteiger partial charge is 0.497 e. The van der Waals surface area contributed by atoms with E-state index in [1.54, 1.807) is 37.4 Å². The molecule has 0 radical (unpaired) electrons. The van der Waals surface area contributed by atoms with E-state index in [9.17, 15) is 14.0 Å². The van der Waals surface area contributed by atoms with Gasteiger partial charge in [-0.25, -0.2) is 4.39 Å². The van der Waals surface area contributed by atoms with E-state index in [-0.39, 0.29) is 24.2 Å². The third kappa shape index (κ3) is 5.27. The Morgan fingerprint density at radius 2 is 1.64 bits per heavy atom. The first-order valence-electron chi connectivity index (χ1n) is 14.0. The van der Waals surface area contributed by atoms with Crippen molar-refractivity contribution in [1.82, 2.24) is 19.7 Å². The molecule has 0 saturated carbocycles. The highest BCUT2D eigenvalue weighted by Gasteiger charge is 2.37. The molecule has 2 amide bonds. The van der Waals surface area contributed by atoms with Crippen LogP contribution in [0.5, 0.6) is 11.5 Å². The Kier molecular flexibility index (Phi) is 7.51. The van der Waals surface area contributed by atoms with Crippen LogP contribution in [-0.2, 0) is 19.6 Å². The number of likely N-dealkylation sites (N-methyl/N-ethyl adjacent to an activating group) is 1. The lowest BCUT2D eigenvalue weighted by atomic mass is 9.93. The van der Waals surface area contributed by atoms with Crippen LogP contribution in [0.3, 0.4) is 0 Å². The molecule has 2 aliphatic rings. The van der Waals surface area contributed by atoms with Gasteiger partial charge in [-0.15, -0.1) is 0 Å². The number of ether oxygens (including phenoxy) is 2. The van der Waals surface area contributed by atoms with Crippen molar-refractivity contribution >= 4 is 22.7 Å². The topological polar surface area (TPSA) is 75.2 Å². The quantitative estimate of drug-likeness (QED) is 0.326. The van der Waals surface area contributed by atoms with Crippen LogP contribution < -0.4 is 9.47 Å². The predicted octanol–water partition coefficient (Wildman–Crippen LogP) is 4.53. The summed E-state index contributed by atoms with van der Waals surface area (Å²) in [6.45, 7) is 3.29. The zero-order valence-corrected chi connectivity index (χ0v) is 24.0. The van der Waals surface area contributed by atoms with Crippen LogP contribution in [0.2, 0.25) is 0 Å². The van der Waals surface area contributed by atoms with Gasteiger partial charge in [0.2, 0.25) is 0 Å². The Labute approximate surface area is 244 Å². The van der Waals surface area contributed by atoms with Crippen molar-refractivity contribution in [2.75, 3.05) is 47.4 Å². The maximum atomic E-state index is 14.2. The minimum atomic E-state index is -0.293. The summed E-state index contributed by atoms with van der Waals surface area (Å²) in [5.74, 6) is 0.534. The normalized spacial score (nSPS) is 15.3. The van der Waals surface area contributed by atoms with E-state index in [2.05, 4.69) is 4.90 Å². The van der Waals surface area contributed by atoms with Gasteiger partial charge in [-0.1, -0.05) is 24.3 Å². The second kappa shape index (κ2) is 11.4. The average molecular weight is 569 g/mol. The zero-order valence-electron chi connectivity index (χ0n) is 24.0. The molecule has 6 rings (SSSR count). The van der Waals surface area contributed by atoms with Crippen LogP contribution in [0.4, 0.5) is 4.39 Å². The number of pyridine rings is 1. The van der Waals surface area contributed by atoms with Gasteiger partial charge in [0, 0.05) is 56.9 Å². The SMILES string of the molecule is COc1ccc(COc2c3c(c(C(=O)N4CCN(C)CC4)c4cc(Cc5ccc(F)cc5)cnc24)CN(C)C3=O)cc1. The summed E-state index contributed by atoms with van der Waals surface area (Å²) in [6, 6.07) is 15.9. The standard InChI is InChI=1S/C33H33FN4O4/c1-36-12-14-38(15-13-36)33(40)28-26-17-23(16-21-4-8-24(34)9-5-21)18-35-30(26)31(29-27(28)19-37(2)32(29)39)42-20-22-6-10-25(41-3)11-7-22/h4-11,17-18H,12-16,19-20H2,1-3H3. The fraction of sp³-hybridized carbons (Fsp3) is 0.303. The van der Waals surface area contributed by atoms with Crippen molar-refractivity contribution in [3.63, 3.8) is 0 Å². The Bertz CT molecular complexity index is 1650. The minimum Gasteiger partial charge on any atom is -0.497 e. The number of nitrogens with zero attached hydrogens (tertiary/aromatic N) is 4. The molecular formula is C33H33FN4O4. The molecule has 0 N–H and O–H groups in total. The first-order chi connectivity index (χ1) is 20.3. The molecule has 1 fully saturated rings. The first-order valence-corrected chi connectivity index (χ1v) is 14.0. The summed E-state index contributed by atoms with van der Waals surface area (Å²) in [7, 11) is 5.39. The number of carbonyl (C=O) groups excluding carboxylic acids is 2. The summed E-state index contributed by atoms with van der Waals surface area (Å²) in [4.78, 5) is 38.2. The Morgan fingerprint density at radius 1 is 0.952 bits per heavy atom. The number of amides is 2. The minimum absolute atomic E-state index is 0.102. The van der Waals surface area contributed by atoms with E-state index in [0.29, 0.717) is 59.4 Å². The van der Waals surface area contributed by atoms with E-state index < -0.39 is 0 Å². The monoisotopic (exact) mass is 568 g/mol. The molecule has 3 heterocycles. The van der Waals surface area contributed by atoms with Gasteiger partial charge in [-0.2, -0.15) is 0 Å². The average Bonchev–Trinajstić information content (AvgIpc) is 3.29. The van der Waals surface area contributed by atoms with Crippen LogP contribution in [0.15, 0.2) is 60.8 Å². The molecule has 4 aromatic rings. The van der Waals surface area contributed by atoms with Gasteiger partial charge in [-0.3, -0.25) is 14.6 Å². The smallest absolute Gasteiger partial charge is 0.258 e. The number of methoxy groups -OCH3 is 1. The molecule has 0 bridgehead atoms. The van der Waals surface area contributed by atoms with E-state index >= 15 is 0 Å². The number of hydrogen-bond acceptors (Lipinski definition) is 6. The third-order valence-electron chi connectivity index (χ3n) is 8.08. The lowest BCUT2D eigenvalue weighted by Gasteiger charge is -2.33. The fourth-order valence-corrected chi connectivity index (χ4v) is 5.67. The number of halogens is 1. The zero-order chi connectivity index (χ0) is 29.4. The van der Waals surface area contributed by atoms with Gasteiger partial charge in [0.25, 0.3) is 11.8 Å². The molecule has 9 heteroatoms. The van der Waals surface area contributed by atoms with Crippen molar-refractivity contribution in [3.05, 3.63) is 100.0 Å². The number of carbonyl (C=O) groups is 2. The predicted molar refractivity (Wildman–Crippen MR) is 157 cm³/mol. The molecule has 0 aliphatic carbocycles. The van der Waals surface area contributed by atoms with Gasteiger partial charge in [0.1, 0.15) is 23.7 Å². The maximum absolute atomic E-state index is 14.2. The Morgan fingerprint density at radius 3 is 2.33 bits per heavy atom. The summed E-state index contributed by atoms with van der Waals surface area (Å²) in [5.41, 5.74) is 4.76. The van der Waals surface area contributed by atoms with Crippen LogP contribution >= 0.6 is 0 Å². The molecule has 8 nitrogen and oxygen atoms in total. The van der Waals surface area contributed by atoms with Crippen LogP contribution in [0.25, 0.3) is 10.9 Å². The fourth-order valence-electron chi connectivity index (χ4n) is 5.67. The molecule has 1 aromatic heterocycles. The maximum Gasteiger partial charge on any atom is 0.258 e. The summed E-state index contributed by atoms with van der Waals surface area (Å²) < 4.78 is 25.2. The molecule has 42 heavy (non-hydrogen) atoms. The number of hydrogen-bond donors (Lipinski definition) is 0. The van der Waals surface area contributed by atoms with Crippen molar-refractivity contribution in [1.29, 1.82) is 0 Å². The van der Waals surface area contributed by atoms with E-state index in [1.807, 2.05) is 42.3 Å². The van der Waals surface area contributed by atoms with Gasteiger partial charge in [0.15, 0.2) is 5.75 Å². The third-order valence-corrected chi connectivity index (χ3v) is 8.08. The number of fused-ring (bicyclic) bond motifs is 2. The molecule has 216 valence electrons. The second-order valence-electron chi connectivity index (χ2n) is 11.0.